The average Bonchev–Trinajstić information content (AvgIpc) is 3.47. The van der Waals surface area contributed by atoms with Crippen molar-refractivity contribution >= 4 is 11.8 Å². The van der Waals surface area contributed by atoms with Gasteiger partial charge in [0.2, 0.25) is 11.8 Å². The number of aliphatic hydroxyl groups is 2. The second-order valence-corrected chi connectivity index (χ2v) is 11.5. The molecule has 0 aliphatic carbocycles. The first kappa shape index (κ1) is 31.8. The van der Waals surface area contributed by atoms with Gasteiger partial charge in [0.05, 0.1) is 24.9 Å². The molecule has 2 aliphatic rings. The van der Waals surface area contributed by atoms with Gasteiger partial charge >= 0.3 is 0 Å². The van der Waals surface area contributed by atoms with Crippen molar-refractivity contribution in [3.05, 3.63) is 95.1 Å². The third-order valence-corrected chi connectivity index (χ3v) is 8.19. The lowest BCUT2D eigenvalue weighted by Gasteiger charge is -2.37. The predicted molar refractivity (Wildman–Crippen MR) is 163 cm³/mol. The van der Waals surface area contributed by atoms with Crippen molar-refractivity contribution in [2.45, 2.75) is 69.9 Å². The Morgan fingerprint density at radius 3 is 2.34 bits per heavy atom. The number of hydroxylamine groups is 1. The Bertz CT molecular complexity index is 1380. The molecule has 2 fully saturated rings. The van der Waals surface area contributed by atoms with Crippen LogP contribution in [0.4, 0.5) is 0 Å². The van der Waals surface area contributed by atoms with E-state index in [2.05, 4.69) is 10.2 Å². The molecule has 5 rings (SSSR count). The highest BCUT2D eigenvalue weighted by Gasteiger charge is 2.34. The number of carbonyl (C=O) groups excluding carboxylic acids is 2. The second kappa shape index (κ2) is 15.4. The maximum Gasteiger partial charge on any atom is 0.243 e. The first-order valence-corrected chi connectivity index (χ1v) is 15.2. The van der Waals surface area contributed by atoms with E-state index in [1.165, 1.54) is 0 Å². The molecule has 0 aromatic heterocycles. The highest BCUT2D eigenvalue weighted by atomic mass is 16.7. The summed E-state index contributed by atoms with van der Waals surface area (Å²) in [6, 6.07) is 23.9. The van der Waals surface area contributed by atoms with Crippen molar-refractivity contribution in [2.24, 2.45) is 0 Å². The van der Waals surface area contributed by atoms with Crippen molar-refractivity contribution < 1.29 is 34.5 Å². The maximum absolute atomic E-state index is 12.2. The molecule has 10 heteroatoms. The van der Waals surface area contributed by atoms with E-state index in [1.807, 2.05) is 72.8 Å². The number of hydrogen-bond acceptors (Lipinski definition) is 8. The monoisotopic (exact) mass is 603 g/mol. The summed E-state index contributed by atoms with van der Waals surface area (Å²) in [6.45, 7) is 2.60. The van der Waals surface area contributed by atoms with E-state index in [9.17, 15) is 19.8 Å². The molecule has 4 unspecified atom stereocenters. The molecule has 5 N–H and O–H groups in total. The van der Waals surface area contributed by atoms with Gasteiger partial charge in [0.15, 0.2) is 6.29 Å². The zero-order valence-corrected chi connectivity index (χ0v) is 24.7. The van der Waals surface area contributed by atoms with E-state index >= 15 is 0 Å². The quantitative estimate of drug-likeness (QED) is 0.156. The van der Waals surface area contributed by atoms with Crippen LogP contribution in [-0.4, -0.2) is 64.0 Å². The predicted octanol–water partition coefficient (Wildman–Crippen LogP) is 3.75. The molecule has 0 spiro atoms. The first-order valence-electron chi connectivity index (χ1n) is 15.2. The van der Waals surface area contributed by atoms with Crippen LogP contribution in [0.3, 0.4) is 0 Å². The van der Waals surface area contributed by atoms with E-state index in [0.29, 0.717) is 25.9 Å². The van der Waals surface area contributed by atoms with Crippen LogP contribution in [0.1, 0.15) is 66.8 Å². The lowest BCUT2D eigenvalue weighted by atomic mass is 9.99. The normalized spacial score (nSPS) is 22.1. The zero-order valence-electron chi connectivity index (χ0n) is 24.7. The zero-order chi connectivity index (χ0) is 30.9. The van der Waals surface area contributed by atoms with Crippen molar-refractivity contribution in [3.8, 4) is 11.1 Å². The van der Waals surface area contributed by atoms with Gasteiger partial charge < -0.3 is 25.0 Å². The smallest absolute Gasteiger partial charge is 0.243 e. The molecule has 4 atom stereocenters. The number of amides is 2. The van der Waals surface area contributed by atoms with E-state index < -0.39 is 12.2 Å². The number of ether oxygens (including phenoxy) is 2. The Morgan fingerprint density at radius 2 is 1.64 bits per heavy atom. The van der Waals surface area contributed by atoms with E-state index in [4.69, 9.17) is 14.7 Å². The Morgan fingerprint density at radius 1 is 0.886 bits per heavy atom. The highest BCUT2D eigenvalue weighted by Crippen LogP contribution is 2.39. The van der Waals surface area contributed by atoms with Gasteiger partial charge in [-0.2, -0.15) is 0 Å². The van der Waals surface area contributed by atoms with Crippen LogP contribution in [0.5, 0.6) is 0 Å². The molecule has 10 nitrogen and oxygen atoms in total. The number of nitrogens with zero attached hydrogens (tertiary/aromatic N) is 1. The molecule has 2 heterocycles. The Kier molecular flexibility index (Phi) is 11.1. The standard InChI is InChI=1S/C34H41N3O7/c38-22-23-7-9-26(10-8-23)31-18-30(21-37-16-15-29(39)20-37)43-34(44-31)27-13-11-25(12-14-27)28-4-1-3-24(17-28)19-35-32(40)5-2-6-33(41)36-42/h1,3-4,7-14,17,29-31,34,38-39,42H,2,5-6,15-16,18-22H2,(H,35,40)(H,36,41). The number of benzene rings is 3. The van der Waals surface area contributed by atoms with Crippen LogP contribution < -0.4 is 10.8 Å². The van der Waals surface area contributed by atoms with Gasteiger partial charge in [0, 0.05) is 51.0 Å². The third-order valence-electron chi connectivity index (χ3n) is 8.19. The van der Waals surface area contributed by atoms with E-state index in [1.54, 1.807) is 5.48 Å². The number of aliphatic hydroxyl groups excluding tert-OH is 2. The second-order valence-electron chi connectivity index (χ2n) is 11.5. The number of hydrogen-bond donors (Lipinski definition) is 5. The number of nitrogens with one attached hydrogen (secondary N) is 2. The van der Waals surface area contributed by atoms with Crippen molar-refractivity contribution in [2.75, 3.05) is 19.6 Å². The largest absolute Gasteiger partial charge is 0.392 e. The lowest BCUT2D eigenvalue weighted by Crippen LogP contribution is -2.38. The summed E-state index contributed by atoms with van der Waals surface area (Å²) in [5.41, 5.74) is 7.36. The minimum atomic E-state index is -0.553. The molecule has 0 saturated carbocycles. The third kappa shape index (κ3) is 8.72. The van der Waals surface area contributed by atoms with Gasteiger partial charge in [-0.25, -0.2) is 5.48 Å². The summed E-state index contributed by atoms with van der Waals surface area (Å²) >= 11 is 0. The van der Waals surface area contributed by atoms with E-state index in [0.717, 1.165) is 52.9 Å². The Balaban J connectivity index is 1.24. The fourth-order valence-corrected chi connectivity index (χ4v) is 5.75. The summed E-state index contributed by atoms with van der Waals surface area (Å²) in [7, 11) is 0. The van der Waals surface area contributed by atoms with Crippen molar-refractivity contribution in [3.63, 3.8) is 0 Å². The summed E-state index contributed by atoms with van der Waals surface area (Å²) in [5.74, 6) is -0.658. The Hall–Kier alpha value is -3.64. The minimum Gasteiger partial charge on any atom is -0.392 e. The van der Waals surface area contributed by atoms with Gasteiger partial charge in [0.25, 0.3) is 0 Å². The number of β-amino-alcohol motifs (C(OH)–C–C–N with tert-alkyl or cyclic N) is 1. The summed E-state index contributed by atoms with van der Waals surface area (Å²) < 4.78 is 13.0. The van der Waals surface area contributed by atoms with Crippen LogP contribution in [0.25, 0.3) is 11.1 Å². The molecule has 3 aromatic carbocycles. The fourth-order valence-electron chi connectivity index (χ4n) is 5.75. The van der Waals surface area contributed by atoms with Gasteiger partial charge in [-0.1, -0.05) is 66.7 Å². The molecular formula is C34H41N3O7. The molecule has 234 valence electrons. The summed E-state index contributed by atoms with van der Waals surface area (Å²) in [4.78, 5) is 25.5. The number of carbonyl (C=O) groups is 2. The van der Waals surface area contributed by atoms with E-state index in [-0.39, 0.29) is 43.7 Å². The Labute approximate surface area is 257 Å². The van der Waals surface area contributed by atoms with Gasteiger partial charge in [-0.05, 0) is 46.7 Å². The number of likely N-dealkylation sites (tertiary alicyclic amines) is 1. The van der Waals surface area contributed by atoms with Gasteiger partial charge in [-0.3, -0.25) is 19.7 Å². The SMILES string of the molecule is O=C(CCCC(=O)NCc1cccc(-c2ccc(C3OC(CN4CCC(O)C4)CC(c4ccc(CO)cc4)O3)cc2)c1)NO. The fraction of sp³-hybridized carbons (Fsp3) is 0.412. The molecule has 0 bridgehead atoms. The first-order chi connectivity index (χ1) is 21.4. The summed E-state index contributed by atoms with van der Waals surface area (Å²) in [6.07, 6.45) is 1.05. The van der Waals surface area contributed by atoms with Gasteiger partial charge in [-0.15, -0.1) is 0 Å². The maximum atomic E-state index is 12.2. The van der Waals surface area contributed by atoms with Crippen molar-refractivity contribution in [1.29, 1.82) is 0 Å². The summed E-state index contributed by atoms with van der Waals surface area (Å²) in [5, 5.41) is 30.9. The lowest BCUT2D eigenvalue weighted by molar-refractivity contribution is -0.252. The molecule has 44 heavy (non-hydrogen) atoms. The molecular weight excluding hydrogens is 562 g/mol. The van der Waals surface area contributed by atoms with Crippen LogP contribution in [0.2, 0.25) is 0 Å². The van der Waals surface area contributed by atoms with Crippen LogP contribution in [-0.2, 0) is 32.2 Å². The average molecular weight is 604 g/mol. The molecule has 2 amide bonds. The molecule has 0 radical (unpaired) electrons. The topological polar surface area (TPSA) is 141 Å². The van der Waals surface area contributed by atoms with Crippen LogP contribution in [0.15, 0.2) is 72.8 Å². The molecule has 2 aliphatic heterocycles. The van der Waals surface area contributed by atoms with Crippen LogP contribution in [0, 0.1) is 0 Å². The van der Waals surface area contributed by atoms with Crippen LogP contribution >= 0.6 is 0 Å². The minimum absolute atomic E-state index is 0.00522. The van der Waals surface area contributed by atoms with Crippen molar-refractivity contribution in [1.82, 2.24) is 15.7 Å². The van der Waals surface area contributed by atoms with Gasteiger partial charge in [0.1, 0.15) is 0 Å². The highest BCUT2D eigenvalue weighted by molar-refractivity contribution is 5.78. The molecule has 3 aromatic rings. The molecule has 2 saturated heterocycles. The number of rotatable bonds is 12.